The smallest absolute Gasteiger partial charge is 0.265 e. The Morgan fingerprint density at radius 1 is 1.47 bits per heavy atom. The summed E-state index contributed by atoms with van der Waals surface area (Å²) in [6.45, 7) is 1.75. The number of nitrogens with two attached hydrogens (primary N) is 1. The lowest BCUT2D eigenvalue weighted by molar-refractivity contribution is -0.121. The van der Waals surface area contributed by atoms with Crippen molar-refractivity contribution in [2.45, 2.75) is 32.2 Å². The van der Waals surface area contributed by atoms with Gasteiger partial charge < -0.3 is 11.1 Å². The van der Waals surface area contributed by atoms with E-state index in [-0.39, 0.29) is 23.8 Å². The Balaban J connectivity index is 1.93. The summed E-state index contributed by atoms with van der Waals surface area (Å²) in [5.41, 5.74) is 5.88. The predicted molar refractivity (Wildman–Crippen MR) is 62.4 cm³/mol. The van der Waals surface area contributed by atoms with Crippen LogP contribution in [0.1, 0.15) is 34.6 Å². The molecule has 0 radical (unpaired) electrons. The van der Waals surface area contributed by atoms with E-state index in [1.807, 2.05) is 0 Å². The highest BCUT2D eigenvalue weighted by molar-refractivity contribution is 7.08. The monoisotopic (exact) mass is 254 g/mol. The number of primary amides is 1. The number of carbonyl (C=O) groups is 2. The SMILES string of the molecule is Cc1nnsc1C(=O)N[C@@H]1CC[C@H](C(N)=O)C1. The van der Waals surface area contributed by atoms with Gasteiger partial charge in [-0.3, -0.25) is 9.59 Å². The summed E-state index contributed by atoms with van der Waals surface area (Å²) in [4.78, 5) is 23.4. The molecule has 2 atom stereocenters. The van der Waals surface area contributed by atoms with E-state index >= 15 is 0 Å². The quantitative estimate of drug-likeness (QED) is 0.806. The summed E-state index contributed by atoms with van der Waals surface area (Å²) in [6, 6.07) is 0.0292. The van der Waals surface area contributed by atoms with Crippen molar-refractivity contribution in [2.24, 2.45) is 11.7 Å². The second kappa shape index (κ2) is 4.79. The molecule has 0 aliphatic heterocycles. The van der Waals surface area contributed by atoms with E-state index in [4.69, 9.17) is 5.73 Å². The van der Waals surface area contributed by atoms with Gasteiger partial charge in [-0.15, -0.1) is 5.10 Å². The fourth-order valence-corrected chi connectivity index (χ4v) is 2.62. The average molecular weight is 254 g/mol. The lowest BCUT2D eigenvalue weighted by Gasteiger charge is -2.11. The Bertz CT molecular complexity index is 445. The van der Waals surface area contributed by atoms with Crippen LogP contribution < -0.4 is 11.1 Å². The van der Waals surface area contributed by atoms with Gasteiger partial charge in [0.05, 0.1) is 5.69 Å². The van der Waals surface area contributed by atoms with Crippen LogP contribution in [0.15, 0.2) is 0 Å². The molecule has 1 aromatic rings. The van der Waals surface area contributed by atoms with Crippen molar-refractivity contribution in [3.63, 3.8) is 0 Å². The van der Waals surface area contributed by atoms with Crippen molar-refractivity contribution < 1.29 is 9.59 Å². The topological polar surface area (TPSA) is 98.0 Å². The maximum absolute atomic E-state index is 11.9. The van der Waals surface area contributed by atoms with Crippen LogP contribution in [-0.2, 0) is 4.79 Å². The minimum atomic E-state index is -0.280. The molecule has 92 valence electrons. The van der Waals surface area contributed by atoms with Gasteiger partial charge >= 0.3 is 0 Å². The molecule has 1 fully saturated rings. The lowest BCUT2D eigenvalue weighted by Crippen LogP contribution is -2.33. The summed E-state index contributed by atoms with van der Waals surface area (Å²) < 4.78 is 3.72. The van der Waals surface area contributed by atoms with Crippen molar-refractivity contribution in [3.05, 3.63) is 10.6 Å². The largest absolute Gasteiger partial charge is 0.369 e. The number of carbonyl (C=O) groups excluding carboxylic acids is 2. The zero-order chi connectivity index (χ0) is 12.4. The van der Waals surface area contributed by atoms with Crippen LogP contribution in [0.3, 0.4) is 0 Å². The van der Waals surface area contributed by atoms with Gasteiger partial charge in [0.15, 0.2) is 0 Å². The number of hydrogen-bond donors (Lipinski definition) is 2. The van der Waals surface area contributed by atoms with E-state index in [1.54, 1.807) is 6.92 Å². The Morgan fingerprint density at radius 3 is 2.76 bits per heavy atom. The van der Waals surface area contributed by atoms with E-state index in [0.717, 1.165) is 24.4 Å². The molecule has 1 aliphatic rings. The van der Waals surface area contributed by atoms with Gasteiger partial charge in [-0.1, -0.05) is 4.49 Å². The van der Waals surface area contributed by atoms with E-state index in [1.165, 1.54) is 0 Å². The number of nitrogens with one attached hydrogen (secondary N) is 1. The molecule has 1 aromatic heterocycles. The molecule has 0 spiro atoms. The first kappa shape index (κ1) is 12.0. The van der Waals surface area contributed by atoms with Gasteiger partial charge in [0.25, 0.3) is 5.91 Å². The highest BCUT2D eigenvalue weighted by atomic mass is 32.1. The second-order valence-corrected chi connectivity index (χ2v) is 5.02. The molecule has 0 bridgehead atoms. The van der Waals surface area contributed by atoms with Crippen molar-refractivity contribution in [2.75, 3.05) is 0 Å². The highest BCUT2D eigenvalue weighted by Gasteiger charge is 2.30. The summed E-state index contributed by atoms with van der Waals surface area (Å²) in [6.07, 6.45) is 2.18. The number of aryl methyl sites for hydroxylation is 1. The fraction of sp³-hybridized carbons (Fsp3) is 0.600. The van der Waals surface area contributed by atoms with Crippen LogP contribution >= 0.6 is 11.5 Å². The molecule has 0 unspecified atom stereocenters. The van der Waals surface area contributed by atoms with Crippen LogP contribution in [0.2, 0.25) is 0 Å². The molecule has 0 aromatic carbocycles. The molecule has 1 saturated carbocycles. The Kier molecular flexibility index (Phi) is 3.37. The Labute approximate surface area is 103 Å². The van der Waals surface area contributed by atoms with Gasteiger partial charge in [-0.2, -0.15) is 0 Å². The molecule has 17 heavy (non-hydrogen) atoms. The van der Waals surface area contributed by atoms with Crippen LogP contribution in [0.4, 0.5) is 0 Å². The Hall–Kier alpha value is -1.50. The minimum absolute atomic E-state index is 0.0292. The van der Waals surface area contributed by atoms with Gasteiger partial charge in [-0.05, 0) is 37.7 Å². The molecule has 0 saturated heterocycles. The van der Waals surface area contributed by atoms with E-state index < -0.39 is 0 Å². The maximum atomic E-state index is 11.9. The average Bonchev–Trinajstić information content (AvgIpc) is 2.86. The number of hydrogen-bond acceptors (Lipinski definition) is 5. The third-order valence-corrected chi connectivity index (χ3v) is 3.85. The number of rotatable bonds is 3. The summed E-state index contributed by atoms with van der Waals surface area (Å²) in [5, 5.41) is 6.68. The summed E-state index contributed by atoms with van der Waals surface area (Å²) in [7, 11) is 0. The van der Waals surface area contributed by atoms with E-state index in [0.29, 0.717) is 17.0 Å². The van der Waals surface area contributed by atoms with Gasteiger partial charge in [0.2, 0.25) is 5.91 Å². The van der Waals surface area contributed by atoms with Gasteiger partial charge in [0, 0.05) is 12.0 Å². The molecular formula is C10H14N4O2S. The molecule has 6 nitrogen and oxygen atoms in total. The number of nitrogens with zero attached hydrogens (tertiary/aromatic N) is 2. The van der Waals surface area contributed by atoms with Crippen molar-refractivity contribution in [1.82, 2.24) is 14.9 Å². The van der Waals surface area contributed by atoms with Gasteiger partial charge in [-0.25, -0.2) is 0 Å². The maximum Gasteiger partial charge on any atom is 0.265 e. The molecule has 2 rings (SSSR count). The van der Waals surface area contributed by atoms with Crippen molar-refractivity contribution >= 4 is 23.3 Å². The molecule has 2 amide bonds. The molecule has 1 aliphatic carbocycles. The molecule has 3 N–H and O–H groups in total. The third-order valence-electron chi connectivity index (χ3n) is 3.03. The third kappa shape index (κ3) is 2.60. The van der Waals surface area contributed by atoms with E-state index in [2.05, 4.69) is 14.9 Å². The zero-order valence-corrected chi connectivity index (χ0v) is 10.3. The first-order valence-corrected chi connectivity index (χ1v) is 6.24. The van der Waals surface area contributed by atoms with Crippen LogP contribution in [0.25, 0.3) is 0 Å². The Morgan fingerprint density at radius 2 is 2.24 bits per heavy atom. The summed E-state index contributed by atoms with van der Waals surface area (Å²) >= 11 is 1.08. The first-order valence-electron chi connectivity index (χ1n) is 5.47. The van der Waals surface area contributed by atoms with Crippen LogP contribution in [-0.4, -0.2) is 27.4 Å². The fourth-order valence-electron chi connectivity index (χ4n) is 2.06. The van der Waals surface area contributed by atoms with Crippen molar-refractivity contribution in [3.8, 4) is 0 Å². The number of aromatic nitrogens is 2. The normalized spacial score (nSPS) is 23.6. The summed E-state index contributed by atoms with van der Waals surface area (Å²) in [5.74, 6) is -0.550. The number of amides is 2. The first-order chi connectivity index (χ1) is 8.08. The lowest BCUT2D eigenvalue weighted by atomic mass is 10.1. The standard InChI is InChI=1S/C10H14N4O2S/c1-5-8(17-14-13-5)10(16)12-7-3-2-6(4-7)9(11)15/h6-7H,2-4H2,1H3,(H2,11,15)(H,12,16)/t6-,7+/m0/s1. The van der Waals surface area contributed by atoms with Crippen LogP contribution in [0.5, 0.6) is 0 Å². The van der Waals surface area contributed by atoms with Gasteiger partial charge in [0.1, 0.15) is 4.88 Å². The minimum Gasteiger partial charge on any atom is -0.369 e. The molecule has 7 heteroatoms. The highest BCUT2D eigenvalue weighted by Crippen LogP contribution is 2.25. The van der Waals surface area contributed by atoms with E-state index in [9.17, 15) is 9.59 Å². The van der Waals surface area contributed by atoms with Crippen molar-refractivity contribution in [1.29, 1.82) is 0 Å². The second-order valence-electron chi connectivity index (χ2n) is 4.27. The molecule has 1 heterocycles. The predicted octanol–water partition coefficient (Wildman–Crippen LogP) is 0.230. The van der Waals surface area contributed by atoms with Crippen LogP contribution in [0, 0.1) is 12.8 Å². The molecular weight excluding hydrogens is 240 g/mol. The zero-order valence-electron chi connectivity index (χ0n) is 9.47.